The summed E-state index contributed by atoms with van der Waals surface area (Å²) < 4.78 is 5.31. The van der Waals surface area contributed by atoms with Crippen molar-refractivity contribution in [1.82, 2.24) is 4.98 Å². The smallest absolute Gasteiger partial charge is 0.236 e. The van der Waals surface area contributed by atoms with Crippen molar-refractivity contribution in [3.05, 3.63) is 30.0 Å². The van der Waals surface area contributed by atoms with Gasteiger partial charge in [-0.1, -0.05) is 12.1 Å². The molecule has 2 rings (SSSR count). The van der Waals surface area contributed by atoms with Crippen molar-refractivity contribution in [2.45, 2.75) is 6.92 Å². The molecule has 2 aromatic rings. The molecule has 0 saturated carbocycles. The molecule has 0 aliphatic heterocycles. The zero-order valence-corrected chi connectivity index (χ0v) is 11.3. The number of benzene rings is 1. The number of para-hydroxylation sites is 1. The first kappa shape index (κ1) is 13.1. The van der Waals surface area contributed by atoms with Gasteiger partial charge in [-0.15, -0.1) is 0 Å². The first-order valence-electron chi connectivity index (χ1n) is 5.96. The molecule has 100 valence electrons. The van der Waals surface area contributed by atoms with Crippen LogP contribution >= 0.6 is 0 Å². The lowest BCUT2D eigenvalue weighted by atomic mass is 10.1. The minimum absolute atomic E-state index is 0.164. The maximum atomic E-state index is 11.1. The van der Waals surface area contributed by atoms with Gasteiger partial charge in [0.25, 0.3) is 0 Å². The normalized spacial score (nSPS) is 10.5. The quantitative estimate of drug-likeness (QED) is 0.902. The largest absolute Gasteiger partial charge is 0.494 e. The number of hydrogen-bond donors (Lipinski definition) is 1. The number of amides is 1. The van der Waals surface area contributed by atoms with Crippen LogP contribution in [-0.2, 0) is 4.79 Å². The summed E-state index contributed by atoms with van der Waals surface area (Å²) in [6.45, 7) is 2.12. The SMILES string of the molecule is COc1cccc2c(N(C)CC(N)=O)c(C)cnc12. The van der Waals surface area contributed by atoms with Crippen LogP contribution in [-0.4, -0.2) is 31.6 Å². The van der Waals surface area contributed by atoms with Crippen LogP contribution in [0.3, 0.4) is 0 Å². The summed E-state index contributed by atoms with van der Waals surface area (Å²) in [6, 6.07) is 5.73. The number of methoxy groups -OCH3 is 1. The van der Waals surface area contributed by atoms with E-state index >= 15 is 0 Å². The van der Waals surface area contributed by atoms with E-state index in [-0.39, 0.29) is 12.5 Å². The van der Waals surface area contributed by atoms with Gasteiger partial charge in [-0.3, -0.25) is 9.78 Å². The molecule has 0 atom stereocenters. The van der Waals surface area contributed by atoms with Crippen LogP contribution in [0.1, 0.15) is 5.56 Å². The number of nitrogens with zero attached hydrogens (tertiary/aromatic N) is 2. The Hall–Kier alpha value is -2.30. The molecular formula is C14H17N3O2. The number of pyridine rings is 1. The molecule has 0 bridgehead atoms. The number of aryl methyl sites for hydroxylation is 1. The summed E-state index contributed by atoms with van der Waals surface area (Å²) in [7, 11) is 3.45. The number of aromatic nitrogens is 1. The lowest BCUT2D eigenvalue weighted by Gasteiger charge is -2.22. The third-order valence-electron chi connectivity index (χ3n) is 3.01. The standard InChI is InChI=1S/C14H17N3O2/c1-9-7-16-13-10(5-4-6-11(13)19-3)14(9)17(2)8-12(15)18/h4-7H,8H2,1-3H3,(H2,15,18). The molecule has 0 aliphatic carbocycles. The summed E-state index contributed by atoms with van der Waals surface area (Å²) in [5.74, 6) is 0.348. The van der Waals surface area contributed by atoms with Crippen molar-refractivity contribution < 1.29 is 9.53 Å². The van der Waals surface area contributed by atoms with Gasteiger partial charge in [0.05, 0.1) is 19.3 Å². The van der Waals surface area contributed by atoms with Crippen LogP contribution in [0.25, 0.3) is 10.9 Å². The Morgan fingerprint density at radius 3 is 2.84 bits per heavy atom. The molecule has 0 saturated heterocycles. The van der Waals surface area contributed by atoms with Crippen LogP contribution in [0.5, 0.6) is 5.75 Å². The molecule has 0 radical (unpaired) electrons. The highest BCUT2D eigenvalue weighted by atomic mass is 16.5. The second-order valence-corrected chi connectivity index (χ2v) is 4.47. The van der Waals surface area contributed by atoms with Crippen molar-refractivity contribution in [1.29, 1.82) is 0 Å². The minimum atomic E-state index is -0.366. The van der Waals surface area contributed by atoms with Gasteiger partial charge in [-0.2, -0.15) is 0 Å². The second-order valence-electron chi connectivity index (χ2n) is 4.47. The first-order chi connectivity index (χ1) is 9.04. The fraction of sp³-hybridized carbons (Fsp3) is 0.286. The van der Waals surface area contributed by atoms with E-state index in [1.54, 1.807) is 13.3 Å². The molecule has 1 aromatic heterocycles. The van der Waals surface area contributed by atoms with Gasteiger partial charge in [0, 0.05) is 18.6 Å². The first-order valence-corrected chi connectivity index (χ1v) is 5.96. The fourth-order valence-electron chi connectivity index (χ4n) is 2.27. The Morgan fingerprint density at radius 1 is 1.47 bits per heavy atom. The Bertz CT molecular complexity index is 625. The molecule has 1 aromatic carbocycles. The van der Waals surface area contributed by atoms with E-state index in [0.29, 0.717) is 5.75 Å². The number of nitrogens with two attached hydrogens (primary N) is 1. The monoisotopic (exact) mass is 259 g/mol. The zero-order chi connectivity index (χ0) is 14.0. The number of rotatable bonds is 4. The van der Waals surface area contributed by atoms with Crippen LogP contribution < -0.4 is 15.4 Å². The third kappa shape index (κ3) is 2.45. The number of primary amides is 1. The Labute approximate surface area is 112 Å². The van der Waals surface area contributed by atoms with Gasteiger partial charge in [-0.05, 0) is 18.6 Å². The van der Waals surface area contributed by atoms with E-state index in [9.17, 15) is 4.79 Å². The Kier molecular flexibility index (Phi) is 3.55. The summed E-state index contributed by atoms with van der Waals surface area (Å²) in [5.41, 5.74) is 7.98. The van der Waals surface area contributed by atoms with E-state index in [4.69, 9.17) is 10.5 Å². The van der Waals surface area contributed by atoms with Crippen molar-refractivity contribution in [3.8, 4) is 5.75 Å². The van der Waals surface area contributed by atoms with E-state index < -0.39 is 0 Å². The predicted molar refractivity (Wildman–Crippen MR) is 75.5 cm³/mol. The van der Waals surface area contributed by atoms with Crippen molar-refractivity contribution >= 4 is 22.5 Å². The number of carbonyl (C=O) groups excluding carboxylic acids is 1. The summed E-state index contributed by atoms with van der Waals surface area (Å²) >= 11 is 0. The number of likely N-dealkylation sites (N-methyl/N-ethyl adjacent to an activating group) is 1. The Balaban J connectivity index is 2.65. The number of hydrogen-bond acceptors (Lipinski definition) is 4. The van der Waals surface area contributed by atoms with E-state index in [2.05, 4.69) is 4.98 Å². The second kappa shape index (κ2) is 5.14. The van der Waals surface area contributed by atoms with Gasteiger partial charge in [0.2, 0.25) is 5.91 Å². The number of fused-ring (bicyclic) bond motifs is 1. The molecule has 0 aliphatic rings. The lowest BCUT2D eigenvalue weighted by Crippen LogP contribution is -2.31. The summed E-state index contributed by atoms with van der Waals surface area (Å²) in [6.07, 6.45) is 1.78. The van der Waals surface area contributed by atoms with Gasteiger partial charge >= 0.3 is 0 Å². The van der Waals surface area contributed by atoms with E-state index in [1.165, 1.54) is 0 Å². The number of anilines is 1. The molecule has 5 heteroatoms. The van der Waals surface area contributed by atoms with Gasteiger partial charge in [0.15, 0.2) is 0 Å². The molecule has 1 heterocycles. The van der Waals surface area contributed by atoms with Crippen LogP contribution in [0.15, 0.2) is 24.4 Å². The fourth-order valence-corrected chi connectivity index (χ4v) is 2.27. The van der Waals surface area contributed by atoms with E-state index in [0.717, 1.165) is 22.2 Å². The number of ether oxygens (including phenoxy) is 1. The van der Waals surface area contributed by atoms with Crippen molar-refractivity contribution in [2.75, 3.05) is 25.6 Å². The van der Waals surface area contributed by atoms with Crippen LogP contribution in [0.2, 0.25) is 0 Å². The summed E-state index contributed by atoms with van der Waals surface area (Å²) in [4.78, 5) is 17.3. The van der Waals surface area contributed by atoms with Crippen LogP contribution in [0, 0.1) is 6.92 Å². The molecule has 5 nitrogen and oxygen atoms in total. The minimum Gasteiger partial charge on any atom is -0.494 e. The molecule has 0 fully saturated rings. The average Bonchev–Trinajstić information content (AvgIpc) is 2.36. The highest BCUT2D eigenvalue weighted by Crippen LogP contribution is 2.32. The zero-order valence-electron chi connectivity index (χ0n) is 11.3. The molecule has 0 spiro atoms. The molecular weight excluding hydrogens is 242 g/mol. The van der Waals surface area contributed by atoms with Gasteiger partial charge < -0.3 is 15.4 Å². The topological polar surface area (TPSA) is 68.5 Å². The van der Waals surface area contributed by atoms with Crippen LogP contribution in [0.4, 0.5) is 5.69 Å². The highest BCUT2D eigenvalue weighted by Gasteiger charge is 2.14. The molecule has 1 amide bonds. The lowest BCUT2D eigenvalue weighted by molar-refractivity contribution is -0.116. The summed E-state index contributed by atoms with van der Waals surface area (Å²) in [5, 5.41) is 0.947. The molecule has 19 heavy (non-hydrogen) atoms. The molecule has 0 unspecified atom stereocenters. The Morgan fingerprint density at radius 2 is 2.21 bits per heavy atom. The van der Waals surface area contributed by atoms with Crippen molar-refractivity contribution in [2.24, 2.45) is 5.73 Å². The third-order valence-corrected chi connectivity index (χ3v) is 3.01. The highest BCUT2D eigenvalue weighted by molar-refractivity contribution is 5.97. The van der Waals surface area contributed by atoms with Gasteiger partial charge in [0.1, 0.15) is 11.3 Å². The maximum Gasteiger partial charge on any atom is 0.236 e. The average molecular weight is 259 g/mol. The van der Waals surface area contributed by atoms with Gasteiger partial charge in [-0.25, -0.2) is 0 Å². The van der Waals surface area contributed by atoms with Crippen molar-refractivity contribution in [3.63, 3.8) is 0 Å². The van der Waals surface area contributed by atoms with E-state index in [1.807, 2.05) is 37.1 Å². The molecule has 2 N–H and O–H groups in total. The number of carbonyl (C=O) groups is 1. The maximum absolute atomic E-state index is 11.1. The predicted octanol–water partition coefficient (Wildman–Crippen LogP) is 1.47.